The number of methoxy groups -OCH3 is 1. The van der Waals surface area contributed by atoms with Crippen molar-refractivity contribution in [1.29, 1.82) is 0 Å². The van der Waals surface area contributed by atoms with E-state index in [2.05, 4.69) is 20.7 Å². The molecular formula is C9H7BrCl2O2. The van der Waals surface area contributed by atoms with Crippen LogP contribution in [0.1, 0.15) is 15.9 Å². The van der Waals surface area contributed by atoms with Gasteiger partial charge in [-0.05, 0) is 33.6 Å². The first-order chi connectivity index (χ1) is 6.60. The lowest BCUT2D eigenvalue weighted by molar-refractivity contribution is 0.0599. The number of benzene rings is 1. The summed E-state index contributed by atoms with van der Waals surface area (Å²) >= 11 is 14.8. The Labute approximate surface area is 100 Å². The molecule has 0 fully saturated rings. The normalized spacial score (nSPS) is 10.0. The highest BCUT2D eigenvalue weighted by Crippen LogP contribution is 2.27. The van der Waals surface area contributed by atoms with E-state index < -0.39 is 5.97 Å². The van der Waals surface area contributed by atoms with Crippen molar-refractivity contribution in [3.63, 3.8) is 0 Å². The van der Waals surface area contributed by atoms with Crippen molar-refractivity contribution in [2.45, 2.75) is 5.88 Å². The topological polar surface area (TPSA) is 26.3 Å². The van der Waals surface area contributed by atoms with E-state index in [1.165, 1.54) is 7.11 Å². The van der Waals surface area contributed by atoms with Crippen LogP contribution in [0.15, 0.2) is 16.6 Å². The van der Waals surface area contributed by atoms with Crippen LogP contribution in [-0.2, 0) is 10.6 Å². The van der Waals surface area contributed by atoms with Gasteiger partial charge in [0.05, 0.1) is 12.7 Å². The summed E-state index contributed by atoms with van der Waals surface area (Å²) in [6.07, 6.45) is 0. The predicted molar refractivity (Wildman–Crippen MR) is 60.0 cm³/mol. The van der Waals surface area contributed by atoms with Gasteiger partial charge >= 0.3 is 5.97 Å². The Morgan fingerprint density at radius 1 is 1.57 bits per heavy atom. The van der Waals surface area contributed by atoms with Crippen molar-refractivity contribution >= 4 is 45.1 Å². The van der Waals surface area contributed by atoms with Crippen molar-refractivity contribution < 1.29 is 9.53 Å². The Morgan fingerprint density at radius 2 is 2.21 bits per heavy atom. The molecule has 1 rings (SSSR count). The fourth-order valence-corrected chi connectivity index (χ4v) is 2.12. The number of ether oxygens (including phenoxy) is 1. The minimum Gasteiger partial charge on any atom is -0.465 e. The molecule has 5 heteroatoms. The summed E-state index contributed by atoms with van der Waals surface area (Å²) < 4.78 is 5.20. The van der Waals surface area contributed by atoms with Crippen LogP contribution in [0.2, 0.25) is 5.02 Å². The van der Waals surface area contributed by atoms with Gasteiger partial charge in [0.15, 0.2) is 0 Å². The highest BCUT2D eigenvalue weighted by atomic mass is 79.9. The number of rotatable bonds is 2. The quantitative estimate of drug-likeness (QED) is 0.615. The molecule has 0 spiro atoms. The van der Waals surface area contributed by atoms with Gasteiger partial charge in [-0.25, -0.2) is 4.79 Å². The van der Waals surface area contributed by atoms with Crippen LogP contribution in [0.25, 0.3) is 0 Å². The maximum atomic E-state index is 11.3. The van der Waals surface area contributed by atoms with Crippen molar-refractivity contribution in [2.24, 2.45) is 0 Å². The lowest BCUT2D eigenvalue weighted by atomic mass is 10.1. The second-order valence-corrected chi connectivity index (χ2v) is 4.08. The first-order valence-corrected chi connectivity index (χ1v) is 5.43. The molecule has 14 heavy (non-hydrogen) atoms. The highest BCUT2D eigenvalue weighted by Gasteiger charge is 2.13. The molecule has 0 aliphatic rings. The number of alkyl halides is 1. The third kappa shape index (κ3) is 2.41. The Kier molecular flexibility index (Phi) is 4.23. The van der Waals surface area contributed by atoms with Gasteiger partial charge in [0, 0.05) is 15.4 Å². The third-order valence-electron chi connectivity index (χ3n) is 1.69. The second kappa shape index (κ2) is 5.01. The molecule has 1 aromatic rings. The molecule has 0 N–H and O–H groups in total. The Hall–Kier alpha value is -0.250. The fourth-order valence-electron chi connectivity index (χ4n) is 0.963. The summed E-state index contributed by atoms with van der Waals surface area (Å²) in [5, 5.41) is 0.527. The van der Waals surface area contributed by atoms with Crippen LogP contribution in [0.4, 0.5) is 0 Å². The van der Waals surface area contributed by atoms with E-state index in [0.29, 0.717) is 20.6 Å². The maximum absolute atomic E-state index is 11.3. The third-order valence-corrected chi connectivity index (χ3v) is 2.98. The molecule has 0 atom stereocenters. The van der Waals surface area contributed by atoms with E-state index in [9.17, 15) is 4.79 Å². The van der Waals surface area contributed by atoms with Crippen LogP contribution in [0.5, 0.6) is 0 Å². The highest BCUT2D eigenvalue weighted by molar-refractivity contribution is 9.10. The molecule has 76 valence electrons. The Bertz CT molecular complexity index is 366. The number of hydrogen-bond donors (Lipinski definition) is 0. The van der Waals surface area contributed by atoms with Gasteiger partial charge in [-0.15, -0.1) is 11.6 Å². The van der Waals surface area contributed by atoms with Gasteiger partial charge < -0.3 is 4.74 Å². The number of halogens is 3. The van der Waals surface area contributed by atoms with Crippen LogP contribution >= 0.6 is 39.1 Å². The summed E-state index contributed by atoms with van der Waals surface area (Å²) in [5.74, 6) is -0.157. The van der Waals surface area contributed by atoms with Crippen molar-refractivity contribution in [3.05, 3.63) is 32.8 Å². The molecule has 0 aliphatic carbocycles. The Morgan fingerprint density at radius 3 is 2.71 bits per heavy atom. The zero-order chi connectivity index (χ0) is 10.7. The summed E-state index contributed by atoms with van der Waals surface area (Å²) in [4.78, 5) is 11.3. The molecule has 0 saturated heterocycles. The molecule has 2 nitrogen and oxygen atoms in total. The van der Waals surface area contributed by atoms with E-state index in [1.54, 1.807) is 12.1 Å². The molecule has 0 aliphatic heterocycles. The Balaban J connectivity index is 3.24. The molecule has 0 amide bonds. The SMILES string of the molecule is COC(=O)c1cc(CCl)c(Cl)cc1Br. The smallest absolute Gasteiger partial charge is 0.339 e. The monoisotopic (exact) mass is 296 g/mol. The van der Waals surface area contributed by atoms with Crippen molar-refractivity contribution in [3.8, 4) is 0 Å². The van der Waals surface area contributed by atoms with E-state index in [1.807, 2.05) is 0 Å². The number of esters is 1. The van der Waals surface area contributed by atoms with Gasteiger partial charge in [0.2, 0.25) is 0 Å². The van der Waals surface area contributed by atoms with Crippen LogP contribution in [0.3, 0.4) is 0 Å². The van der Waals surface area contributed by atoms with Crippen LogP contribution in [-0.4, -0.2) is 13.1 Å². The molecule has 0 saturated carbocycles. The van der Waals surface area contributed by atoms with Gasteiger partial charge in [0.25, 0.3) is 0 Å². The first kappa shape index (κ1) is 11.8. The van der Waals surface area contributed by atoms with Gasteiger partial charge in [-0.1, -0.05) is 11.6 Å². The van der Waals surface area contributed by atoms with Crippen LogP contribution < -0.4 is 0 Å². The average molecular weight is 298 g/mol. The number of carbonyl (C=O) groups excluding carboxylic acids is 1. The largest absolute Gasteiger partial charge is 0.465 e. The predicted octanol–water partition coefficient (Wildman–Crippen LogP) is 3.63. The van der Waals surface area contributed by atoms with Gasteiger partial charge in [-0.3, -0.25) is 0 Å². The summed E-state index contributed by atoms with van der Waals surface area (Å²) in [5.41, 5.74) is 1.13. The number of hydrogen-bond acceptors (Lipinski definition) is 2. The second-order valence-electron chi connectivity index (χ2n) is 2.55. The van der Waals surface area contributed by atoms with E-state index in [0.717, 1.165) is 0 Å². The molecular weight excluding hydrogens is 291 g/mol. The minimum absolute atomic E-state index is 0.260. The fraction of sp³-hybridized carbons (Fsp3) is 0.222. The lowest BCUT2D eigenvalue weighted by Crippen LogP contribution is -2.03. The summed E-state index contributed by atoms with van der Waals surface area (Å²) in [7, 11) is 1.32. The lowest BCUT2D eigenvalue weighted by Gasteiger charge is -2.06. The van der Waals surface area contributed by atoms with Gasteiger partial charge in [-0.2, -0.15) is 0 Å². The van der Waals surface area contributed by atoms with Crippen molar-refractivity contribution in [1.82, 2.24) is 0 Å². The van der Waals surface area contributed by atoms with Crippen LogP contribution in [0, 0.1) is 0 Å². The molecule has 0 bridgehead atoms. The first-order valence-electron chi connectivity index (χ1n) is 3.72. The number of carbonyl (C=O) groups is 1. The van der Waals surface area contributed by atoms with E-state index in [-0.39, 0.29) is 5.88 Å². The summed E-state index contributed by atoms with van der Waals surface area (Å²) in [6, 6.07) is 3.25. The molecule has 0 unspecified atom stereocenters. The average Bonchev–Trinajstić information content (AvgIpc) is 2.17. The zero-order valence-electron chi connectivity index (χ0n) is 7.31. The summed E-state index contributed by atoms with van der Waals surface area (Å²) in [6.45, 7) is 0. The van der Waals surface area contributed by atoms with E-state index >= 15 is 0 Å². The standard InChI is InChI=1S/C9H7BrCl2O2/c1-14-9(13)6-2-5(4-11)8(12)3-7(6)10/h2-3H,4H2,1H3. The van der Waals surface area contributed by atoms with Gasteiger partial charge in [0.1, 0.15) is 0 Å². The zero-order valence-corrected chi connectivity index (χ0v) is 10.4. The van der Waals surface area contributed by atoms with Crippen molar-refractivity contribution in [2.75, 3.05) is 7.11 Å². The maximum Gasteiger partial charge on any atom is 0.339 e. The van der Waals surface area contributed by atoms with E-state index in [4.69, 9.17) is 23.2 Å². The molecule has 0 aromatic heterocycles. The molecule has 0 heterocycles. The minimum atomic E-state index is -0.417. The molecule has 0 radical (unpaired) electrons. The molecule has 1 aromatic carbocycles.